The van der Waals surface area contributed by atoms with Crippen molar-refractivity contribution in [3.63, 3.8) is 0 Å². The summed E-state index contributed by atoms with van der Waals surface area (Å²) in [6.07, 6.45) is 3.57. The van der Waals surface area contributed by atoms with Crippen molar-refractivity contribution in [1.29, 1.82) is 0 Å². The number of allylic oxidation sites excluding steroid dienone is 2. The van der Waals surface area contributed by atoms with E-state index in [-0.39, 0.29) is 0 Å². The fourth-order valence-electron chi connectivity index (χ4n) is 0.280. The molecule has 0 aromatic rings. The maximum absolute atomic E-state index is 5.54. The zero-order valence-electron chi connectivity index (χ0n) is 4.58. The van der Waals surface area contributed by atoms with Crippen molar-refractivity contribution < 1.29 is 0 Å². The van der Waals surface area contributed by atoms with Crippen LogP contribution < -0.4 is 0 Å². The number of halogens is 4. The number of hydrogen-bond acceptors (Lipinski definition) is 0. The number of hydrogen-bond donors (Lipinski definition) is 0. The summed E-state index contributed by atoms with van der Waals surface area (Å²) in [4.78, 5) is 0. The minimum absolute atomic E-state index is 0.481. The molecule has 0 spiro atoms. The van der Waals surface area contributed by atoms with Gasteiger partial charge in [-0.15, -0.1) is 44.8 Å². The quantitative estimate of drug-likeness (QED) is 0.298. The minimum Gasteiger partial charge on any atom is -0.126 e. The third-order valence-electron chi connectivity index (χ3n) is 0.605. The lowest BCUT2D eigenvalue weighted by Gasteiger charge is -2.00. The smallest absolute Gasteiger partial charge is 0.126 e. The summed E-state index contributed by atoms with van der Waals surface area (Å²) < 4.78 is 0. The van der Waals surface area contributed by atoms with Crippen LogP contribution in [-0.2, 0) is 0 Å². The maximum Gasteiger partial charge on any atom is 0.344 e. The molecule has 0 N–H and O–H groups in total. The largest absolute Gasteiger partial charge is 0.344 e. The van der Waals surface area contributed by atoms with Crippen molar-refractivity contribution in [2.24, 2.45) is 0 Å². The van der Waals surface area contributed by atoms with Gasteiger partial charge in [-0.1, -0.05) is 12.2 Å². The summed E-state index contributed by atoms with van der Waals surface area (Å²) >= 11 is 22.0. The van der Waals surface area contributed by atoms with Gasteiger partial charge in [0.25, 0.3) is 0 Å². The molecule has 5 heteroatoms. The normalized spacial score (nSPS) is 12.9. The molecule has 0 fully saturated rings. The Morgan fingerprint density at radius 3 is 2.00 bits per heavy atom. The fraction of sp³-hybridized carbons (Fsp3) is 0.500. The molecule has 54 valence electrons. The first-order valence-corrected chi connectivity index (χ1v) is 8.11. The van der Waals surface area contributed by atoms with Gasteiger partial charge >= 0.3 is 6.00 Å². The Hall–Kier alpha value is 1.12. The average Bonchev–Trinajstić information content (AvgIpc) is 1.63. The third-order valence-corrected chi connectivity index (χ3v) is 2.87. The van der Waals surface area contributed by atoms with Crippen molar-refractivity contribution >= 4 is 50.8 Å². The van der Waals surface area contributed by atoms with Crippen molar-refractivity contribution in [2.45, 2.75) is 6.04 Å². The van der Waals surface area contributed by atoms with E-state index >= 15 is 0 Å². The predicted molar refractivity (Wildman–Crippen MR) is 48.0 cm³/mol. The van der Waals surface area contributed by atoms with Gasteiger partial charge in [0.1, 0.15) is 0 Å². The lowest BCUT2D eigenvalue weighted by molar-refractivity contribution is 1.61. The summed E-state index contributed by atoms with van der Waals surface area (Å²) in [6, 6.07) is -1.88. The van der Waals surface area contributed by atoms with Gasteiger partial charge in [0, 0.05) is 11.9 Å². The van der Waals surface area contributed by atoms with Crippen molar-refractivity contribution in [2.75, 3.05) is 5.88 Å². The molecule has 0 saturated heterocycles. The van der Waals surface area contributed by atoms with Gasteiger partial charge in [-0.3, -0.25) is 0 Å². The van der Waals surface area contributed by atoms with Crippen LogP contribution in [0.3, 0.4) is 0 Å². The Balaban J connectivity index is 3.38. The first-order chi connectivity index (χ1) is 4.06. The van der Waals surface area contributed by atoms with E-state index in [0.29, 0.717) is 11.9 Å². The van der Waals surface area contributed by atoms with Crippen molar-refractivity contribution in [3.05, 3.63) is 12.2 Å². The van der Waals surface area contributed by atoms with Crippen LogP contribution in [0.1, 0.15) is 0 Å². The van der Waals surface area contributed by atoms with Crippen LogP contribution in [0.2, 0.25) is 6.04 Å². The highest BCUT2D eigenvalue weighted by atomic mass is 35.8. The van der Waals surface area contributed by atoms with Crippen molar-refractivity contribution in [1.82, 2.24) is 0 Å². The number of rotatable bonds is 3. The molecule has 0 atom stereocenters. The zero-order chi connectivity index (χ0) is 7.33. The second-order valence-corrected chi connectivity index (χ2v) is 10.9. The molecule has 0 saturated carbocycles. The zero-order valence-corrected chi connectivity index (χ0v) is 8.60. The van der Waals surface area contributed by atoms with E-state index in [1.165, 1.54) is 0 Å². The third kappa shape index (κ3) is 9.12. The van der Waals surface area contributed by atoms with Crippen LogP contribution in [0.5, 0.6) is 0 Å². The second-order valence-electron chi connectivity index (χ2n) is 1.45. The molecule has 0 aliphatic heterocycles. The van der Waals surface area contributed by atoms with E-state index < -0.39 is 6.00 Å². The highest BCUT2D eigenvalue weighted by molar-refractivity contribution is 7.64. The average molecular weight is 224 g/mol. The van der Waals surface area contributed by atoms with Gasteiger partial charge in [0.05, 0.1) is 0 Å². The second kappa shape index (κ2) is 4.86. The van der Waals surface area contributed by atoms with Crippen molar-refractivity contribution in [3.8, 4) is 0 Å². The van der Waals surface area contributed by atoms with Crippen LogP contribution in [0.4, 0.5) is 0 Å². The van der Waals surface area contributed by atoms with E-state index in [9.17, 15) is 0 Å². The predicted octanol–water partition coefficient (Wildman–Crippen LogP) is 3.44. The Morgan fingerprint density at radius 1 is 1.11 bits per heavy atom. The maximum atomic E-state index is 5.54. The molecule has 0 aliphatic carbocycles. The summed E-state index contributed by atoms with van der Waals surface area (Å²) in [5.41, 5.74) is 0. The molecule has 9 heavy (non-hydrogen) atoms. The summed E-state index contributed by atoms with van der Waals surface area (Å²) in [6.45, 7) is 0. The molecular weight excluding hydrogens is 218 g/mol. The van der Waals surface area contributed by atoms with E-state index in [0.717, 1.165) is 0 Å². The lowest BCUT2D eigenvalue weighted by atomic mass is 10.6. The van der Waals surface area contributed by atoms with Crippen LogP contribution in [0, 0.1) is 0 Å². The van der Waals surface area contributed by atoms with Gasteiger partial charge in [0.15, 0.2) is 0 Å². The van der Waals surface area contributed by atoms with Gasteiger partial charge in [-0.05, 0) is 0 Å². The number of alkyl halides is 1. The first kappa shape index (κ1) is 10.1. The molecule has 0 heterocycles. The van der Waals surface area contributed by atoms with Crippen LogP contribution >= 0.6 is 44.8 Å². The molecule has 0 rings (SSSR count). The van der Waals surface area contributed by atoms with E-state index in [1.807, 2.05) is 0 Å². The van der Waals surface area contributed by atoms with Crippen LogP contribution in [-0.4, -0.2) is 11.9 Å². The van der Waals surface area contributed by atoms with Crippen LogP contribution in [0.15, 0.2) is 12.2 Å². The van der Waals surface area contributed by atoms with E-state index in [4.69, 9.17) is 44.8 Å². The molecule has 0 bridgehead atoms. The summed E-state index contributed by atoms with van der Waals surface area (Å²) in [5.74, 6) is 0.481. The molecule has 0 radical (unpaired) electrons. The Morgan fingerprint density at radius 2 is 1.67 bits per heavy atom. The van der Waals surface area contributed by atoms with Gasteiger partial charge < -0.3 is 0 Å². The van der Waals surface area contributed by atoms with Gasteiger partial charge in [0.2, 0.25) is 0 Å². The fourth-order valence-corrected chi connectivity index (χ4v) is 1.64. The molecular formula is C4H6Cl4Si. The lowest BCUT2D eigenvalue weighted by Crippen LogP contribution is -2.05. The molecule has 0 unspecified atom stereocenters. The summed E-state index contributed by atoms with van der Waals surface area (Å²) in [5, 5.41) is 0. The molecule has 0 amide bonds. The monoisotopic (exact) mass is 222 g/mol. The summed E-state index contributed by atoms with van der Waals surface area (Å²) in [7, 11) is 0. The molecule has 0 aromatic carbocycles. The Labute approximate surface area is 74.9 Å². The Kier molecular flexibility index (Phi) is 5.46. The highest BCUT2D eigenvalue weighted by Gasteiger charge is 2.21. The first-order valence-electron chi connectivity index (χ1n) is 2.34. The van der Waals surface area contributed by atoms with Crippen LogP contribution in [0.25, 0.3) is 0 Å². The minimum atomic E-state index is -2.42. The standard InChI is InChI=1S/C4H6Cl4Si/c5-3-1-2-4-9(6,7)8/h1-2H,3-4H2. The van der Waals surface area contributed by atoms with E-state index in [1.54, 1.807) is 12.2 Å². The van der Waals surface area contributed by atoms with Gasteiger partial charge in [-0.25, -0.2) is 0 Å². The highest BCUT2D eigenvalue weighted by Crippen LogP contribution is 2.24. The topological polar surface area (TPSA) is 0 Å². The molecule has 0 aliphatic rings. The van der Waals surface area contributed by atoms with E-state index in [2.05, 4.69) is 0 Å². The SMILES string of the molecule is ClCC=CC[Si](Cl)(Cl)Cl. The molecule has 0 nitrogen and oxygen atoms in total. The molecule has 0 aromatic heterocycles. The Bertz CT molecular complexity index is 95.2. The van der Waals surface area contributed by atoms with Gasteiger partial charge in [-0.2, -0.15) is 0 Å².